The molecule has 0 bridgehead atoms. The highest BCUT2D eigenvalue weighted by Crippen LogP contribution is 2.46. The Hall–Kier alpha value is -3.59. The maximum absolute atomic E-state index is 13.5. The van der Waals surface area contributed by atoms with Crippen LogP contribution in [-0.2, 0) is 9.59 Å². The lowest BCUT2D eigenvalue weighted by Crippen LogP contribution is -2.29. The molecule has 0 saturated carbocycles. The summed E-state index contributed by atoms with van der Waals surface area (Å²) in [6, 6.07) is 12.7. The molecule has 38 heavy (non-hydrogen) atoms. The van der Waals surface area contributed by atoms with E-state index in [0.717, 1.165) is 21.3 Å². The largest absolute Gasteiger partial charge is 0.507 e. The summed E-state index contributed by atoms with van der Waals surface area (Å²) in [7, 11) is 0. The fourth-order valence-corrected chi connectivity index (χ4v) is 6.31. The number of thiazole rings is 1. The summed E-state index contributed by atoms with van der Waals surface area (Å²) in [4.78, 5) is 33.1. The third-order valence-corrected chi connectivity index (χ3v) is 8.28. The van der Waals surface area contributed by atoms with Gasteiger partial charge in [0.2, 0.25) is 0 Å². The molecule has 7 nitrogen and oxygen atoms in total. The number of benzene rings is 3. The molecule has 2 aliphatic heterocycles. The van der Waals surface area contributed by atoms with Crippen LogP contribution in [0.1, 0.15) is 28.3 Å². The zero-order valence-electron chi connectivity index (χ0n) is 20.2. The van der Waals surface area contributed by atoms with Crippen LogP contribution in [0.4, 0.5) is 5.13 Å². The molecule has 0 radical (unpaired) electrons. The Labute approximate surface area is 231 Å². The highest BCUT2D eigenvalue weighted by Gasteiger charge is 2.48. The highest BCUT2D eigenvalue weighted by molar-refractivity contribution is 7.22. The topological polar surface area (TPSA) is 89.0 Å². The number of fused-ring (bicyclic) bond motifs is 2. The van der Waals surface area contributed by atoms with Gasteiger partial charge in [-0.15, -0.1) is 0 Å². The van der Waals surface area contributed by atoms with Gasteiger partial charge >= 0.3 is 5.91 Å². The first-order chi connectivity index (χ1) is 18.2. The van der Waals surface area contributed by atoms with Crippen LogP contribution in [0.3, 0.4) is 0 Å². The fraction of sp³-hybridized carbons (Fsp3) is 0.179. The second-order valence-electron chi connectivity index (χ2n) is 9.13. The summed E-state index contributed by atoms with van der Waals surface area (Å²) < 4.78 is 12.1. The van der Waals surface area contributed by atoms with Gasteiger partial charge in [0.15, 0.2) is 16.6 Å². The normalized spacial score (nSPS) is 18.4. The van der Waals surface area contributed by atoms with Crippen molar-refractivity contribution in [3.63, 3.8) is 0 Å². The first-order valence-electron chi connectivity index (χ1n) is 11.8. The summed E-state index contributed by atoms with van der Waals surface area (Å²) in [6.07, 6.45) is 0. The van der Waals surface area contributed by atoms with Crippen molar-refractivity contribution in [2.75, 3.05) is 18.1 Å². The van der Waals surface area contributed by atoms with Crippen LogP contribution in [0.15, 0.2) is 54.1 Å². The minimum atomic E-state index is -0.986. The van der Waals surface area contributed by atoms with Crippen molar-refractivity contribution in [2.24, 2.45) is 0 Å². The lowest BCUT2D eigenvalue weighted by Gasteiger charge is -2.23. The first kappa shape index (κ1) is 24.7. The molecule has 192 valence electrons. The zero-order chi connectivity index (χ0) is 26.7. The van der Waals surface area contributed by atoms with Crippen molar-refractivity contribution >= 4 is 67.3 Å². The standard InChI is InChI=1S/C28H20Cl2N2O5S/c1-13-9-14(2)23-21(10-13)38-28(31-23)32-24(15-3-5-17(29)18(30)11-15)22(26(34)27(32)35)25(33)16-4-6-19-20(12-16)37-8-7-36-19/h3-6,9-12,24,33H,7-8H2,1-2H3/b25-22-. The summed E-state index contributed by atoms with van der Waals surface area (Å²) in [5, 5.41) is 12.4. The van der Waals surface area contributed by atoms with Gasteiger partial charge < -0.3 is 14.6 Å². The van der Waals surface area contributed by atoms with Crippen molar-refractivity contribution in [2.45, 2.75) is 19.9 Å². The number of carbonyl (C=O) groups is 2. The Morgan fingerprint density at radius 3 is 2.53 bits per heavy atom. The molecule has 1 aromatic heterocycles. The molecule has 1 N–H and O–H groups in total. The average Bonchev–Trinajstić information content (AvgIpc) is 3.43. The second kappa shape index (κ2) is 9.31. The molecule has 1 atom stereocenters. The number of Topliss-reactive ketones (excluding diaryl/α,β-unsaturated/α-hetero) is 1. The number of hydrogen-bond donors (Lipinski definition) is 1. The van der Waals surface area contributed by atoms with Gasteiger partial charge in [-0.05, 0) is 66.9 Å². The van der Waals surface area contributed by atoms with E-state index in [0.29, 0.717) is 46.0 Å². The quantitative estimate of drug-likeness (QED) is 0.170. The molecular formula is C28H20Cl2N2O5S. The number of nitrogens with zero attached hydrogens (tertiary/aromatic N) is 2. The lowest BCUT2D eigenvalue weighted by molar-refractivity contribution is -0.132. The van der Waals surface area contributed by atoms with Gasteiger partial charge in [0, 0.05) is 5.56 Å². The minimum absolute atomic E-state index is 0.0859. The Bertz CT molecular complexity index is 1700. The Balaban J connectivity index is 1.56. The van der Waals surface area contributed by atoms with Crippen LogP contribution in [-0.4, -0.2) is 35.0 Å². The summed E-state index contributed by atoms with van der Waals surface area (Å²) in [5.74, 6) is -0.992. The number of ketones is 1. The number of aromatic nitrogens is 1. The van der Waals surface area contributed by atoms with Crippen molar-refractivity contribution in [1.29, 1.82) is 0 Å². The van der Waals surface area contributed by atoms with E-state index in [2.05, 4.69) is 0 Å². The van der Waals surface area contributed by atoms with Crippen molar-refractivity contribution in [3.05, 3.63) is 86.4 Å². The molecule has 6 rings (SSSR count). The molecule has 3 heterocycles. The van der Waals surface area contributed by atoms with Crippen LogP contribution < -0.4 is 14.4 Å². The smallest absolute Gasteiger partial charge is 0.301 e. The molecule has 1 amide bonds. The molecule has 4 aromatic rings. The monoisotopic (exact) mass is 566 g/mol. The third-order valence-electron chi connectivity index (χ3n) is 6.54. The molecule has 1 unspecified atom stereocenters. The van der Waals surface area contributed by atoms with E-state index >= 15 is 0 Å². The maximum Gasteiger partial charge on any atom is 0.301 e. The van der Waals surface area contributed by atoms with Gasteiger partial charge in [-0.1, -0.05) is 46.7 Å². The third kappa shape index (κ3) is 4.00. The molecule has 0 aliphatic carbocycles. The molecule has 1 saturated heterocycles. The van der Waals surface area contributed by atoms with E-state index < -0.39 is 17.7 Å². The number of hydrogen-bond acceptors (Lipinski definition) is 7. The molecule has 2 aliphatic rings. The number of amides is 1. The maximum atomic E-state index is 13.5. The van der Waals surface area contributed by atoms with E-state index in [4.69, 9.17) is 37.7 Å². The zero-order valence-corrected chi connectivity index (χ0v) is 22.6. The average molecular weight is 567 g/mol. The molecule has 0 spiro atoms. The van der Waals surface area contributed by atoms with Gasteiger partial charge in [0.25, 0.3) is 5.78 Å². The van der Waals surface area contributed by atoms with E-state index in [1.54, 1.807) is 36.4 Å². The fourth-order valence-electron chi connectivity index (χ4n) is 4.84. The number of anilines is 1. The lowest BCUT2D eigenvalue weighted by atomic mass is 9.95. The number of aliphatic hydroxyl groups excluding tert-OH is 1. The van der Waals surface area contributed by atoms with E-state index in [9.17, 15) is 14.7 Å². The van der Waals surface area contributed by atoms with Gasteiger partial charge in [-0.3, -0.25) is 14.5 Å². The van der Waals surface area contributed by atoms with Crippen LogP contribution in [0, 0.1) is 13.8 Å². The van der Waals surface area contributed by atoms with Gasteiger partial charge in [-0.2, -0.15) is 0 Å². The molecule has 1 fully saturated rings. The SMILES string of the molecule is Cc1cc(C)c2nc(N3C(=O)C(=O)/C(=C(\O)c4ccc5c(c4)OCCO5)C3c3ccc(Cl)c(Cl)c3)sc2c1. The number of halogens is 2. The van der Waals surface area contributed by atoms with Gasteiger partial charge in [0.1, 0.15) is 19.0 Å². The van der Waals surface area contributed by atoms with Crippen LogP contribution >= 0.6 is 34.5 Å². The number of aryl methyl sites for hydroxylation is 2. The van der Waals surface area contributed by atoms with Crippen molar-refractivity contribution < 1.29 is 24.2 Å². The minimum Gasteiger partial charge on any atom is -0.507 e. The Morgan fingerprint density at radius 2 is 1.76 bits per heavy atom. The number of aliphatic hydroxyl groups is 1. The highest BCUT2D eigenvalue weighted by atomic mass is 35.5. The number of rotatable bonds is 3. The van der Waals surface area contributed by atoms with Gasteiger partial charge in [-0.25, -0.2) is 4.98 Å². The summed E-state index contributed by atoms with van der Waals surface area (Å²) in [5.41, 5.74) is 3.50. The molecule has 10 heteroatoms. The van der Waals surface area contributed by atoms with E-state index in [-0.39, 0.29) is 16.4 Å². The Morgan fingerprint density at radius 1 is 1.00 bits per heavy atom. The Kier molecular flexibility index (Phi) is 6.06. The number of carbonyl (C=O) groups excluding carboxylic acids is 2. The second-order valence-corrected chi connectivity index (χ2v) is 10.9. The van der Waals surface area contributed by atoms with Crippen molar-refractivity contribution in [3.8, 4) is 11.5 Å². The molecule has 3 aromatic carbocycles. The number of ether oxygens (including phenoxy) is 2. The summed E-state index contributed by atoms with van der Waals surface area (Å²) in [6.45, 7) is 4.72. The van der Waals surface area contributed by atoms with Gasteiger partial charge in [0.05, 0.1) is 31.9 Å². The predicted octanol–water partition coefficient (Wildman–Crippen LogP) is 6.62. The van der Waals surface area contributed by atoms with Crippen LogP contribution in [0.25, 0.3) is 16.0 Å². The van der Waals surface area contributed by atoms with E-state index in [1.165, 1.54) is 16.2 Å². The van der Waals surface area contributed by atoms with E-state index in [1.807, 2.05) is 26.0 Å². The van der Waals surface area contributed by atoms with Crippen LogP contribution in [0.2, 0.25) is 10.0 Å². The first-order valence-corrected chi connectivity index (χ1v) is 13.3. The van der Waals surface area contributed by atoms with Crippen molar-refractivity contribution in [1.82, 2.24) is 4.98 Å². The predicted molar refractivity (Wildman–Crippen MR) is 148 cm³/mol. The molecular weight excluding hydrogens is 547 g/mol. The van der Waals surface area contributed by atoms with Crippen LogP contribution in [0.5, 0.6) is 11.5 Å². The summed E-state index contributed by atoms with van der Waals surface area (Å²) >= 11 is 13.8.